The van der Waals surface area contributed by atoms with Crippen molar-refractivity contribution in [1.29, 1.82) is 0 Å². The van der Waals surface area contributed by atoms with Crippen molar-refractivity contribution in [2.24, 2.45) is 4.99 Å². The Balaban J connectivity index is 2.17. The van der Waals surface area contributed by atoms with E-state index in [1.807, 2.05) is 36.4 Å². The second-order valence-corrected chi connectivity index (χ2v) is 17.1. The third kappa shape index (κ3) is 7.09. The lowest BCUT2D eigenvalue weighted by Crippen LogP contribution is -2.50. The molecule has 1 atom stereocenters. The van der Waals surface area contributed by atoms with Gasteiger partial charge in [0.2, 0.25) is 17.5 Å². The minimum Gasteiger partial charge on any atom is -0.540 e. The highest BCUT2D eigenvalue weighted by Gasteiger charge is 2.47. The summed E-state index contributed by atoms with van der Waals surface area (Å²) in [7, 11) is 0.780. The van der Waals surface area contributed by atoms with E-state index in [0.29, 0.717) is 56.2 Å². The number of carbonyl (C=O) groups is 1. The molecular formula is C30H42N4O6SSi. The van der Waals surface area contributed by atoms with E-state index in [9.17, 15) is 9.90 Å². The van der Waals surface area contributed by atoms with Gasteiger partial charge in [0.05, 0.1) is 14.2 Å². The number of benzene rings is 2. The van der Waals surface area contributed by atoms with E-state index in [1.54, 1.807) is 27.4 Å². The van der Waals surface area contributed by atoms with Crippen molar-refractivity contribution in [3.63, 3.8) is 0 Å². The van der Waals surface area contributed by atoms with E-state index in [0.717, 1.165) is 11.3 Å². The van der Waals surface area contributed by atoms with Crippen molar-refractivity contribution in [3.8, 4) is 28.6 Å². The second kappa shape index (κ2) is 14.1. The highest BCUT2D eigenvalue weighted by atomic mass is 32.2. The zero-order valence-corrected chi connectivity index (χ0v) is 27.8. The molecule has 0 bridgehead atoms. The maximum atomic E-state index is 11.7. The molecule has 12 heteroatoms. The van der Waals surface area contributed by atoms with E-state index in [4.69, 9.17) is 18.4 Å². The molecule has 0 fully saturated rings. The molecule has 0 spiro atoms. The van der Waals surface area contributed by atoms with Gasteiger partial charge in [-0.05, 0) is 64.8 Å². The molecule has 0 aliphatic rings. The summed E-state index contributed by atoms with van der Waals surface area (Å²) in [6.07, 6.45) is 0.515. The number of nitrogens with zero attached hydrogens (tertiary/aromatic N) is 3. The summed E-state index contributed by atoms with van der Waals surface area (Å²) in [5, 5.41) is 17.4. The van der Waals surface area contributed by atoms with Gasteiger partial charge in [-0.15, -0.1) is 11.8 Å². The van der Waals surface area contributed by atoms with Crippen LogP contribution < -0.4 is 19.2 Å². The summed E-state index contributed by atoms with van der Waals surface area (Å²) in [4.78, 5) is 20.0. The molecule has 1 unspecified atom stereocenters. The van der Waals surface area contributed by atoms with Gasteiger partial charge in [-0.1, -0.05) is 46.7 Å². The highest BCUT2D eigenvalue weighted by Crippen LogP contribution is 2.48. The molecule has 1 aromatic heterocycles. The van der Waals surface area contributed by atoms with Crippen molar-refractivity contribution in [2.75, 3.05) is 25.8 Å². The van der Waals surface area contributed by atoms with Crippen molar-refractivity contribution in [1.82, 2.24) is 10.1 Å². The van der Waals surface area contributed by atoms with Gasteiger partial charge in [-0.25, -0.2) is 4.79 Å². The van der Waals surface area contributed by atoms with Gasteiger partial charge in [-0.3, -0.25) is 0 Å². The van der Waals surface area contributed by atoms with Crippen LogP contribution in [0.3, 0.4) is 0 Å². The number of ether oxygens (including phenoxy) is 2. The van der Waals surface area contributed by atoms with E-state index >= 15 is 0 Å². The Bertz CT molecular complexity index is 1370. The van der Waals surface area contributed by atoms with E-state index in [1.165, 1.54) is 11.8 Å². The van der Waals surface area contributed by atoms with Crippen molar-refractivity contribution in [3.05, 3.63) is 47.9 Å². The van der Waals surface area contributed by atoms with Crippen LogP contribution in [0.15, 0.2) is 45.9 Å². The fraction of sp³-hybridized carbons (Fsp3) is 0.467. The topological polar surface area (TPSA) is 128 Å². The van der Waals surface area contributed by atoms with Crippen molar-refractivity contribution in [2.45, 2.75) is 71.1 Å². The molecule has 0 saturated carbocycles. The molecule has 1 amide bonds. The highest BCUT2D eigenvalue weighted by molar-refractivity contribution is 8.13. The van der Waals surface area contributed by atoms with Crippen molar-refractivity contribution >= 4 is 36.9 Å². The van der Waals surface area contributed by atoms with Gasteiger partial charge in [-0.2, -0.15) is 9.98 Å². The lowest BCUT2D eigenvalue weighted by Gasteiger charge is -2.42. The SMILES string of the molecule is COc1cc(C(Nc2ccc(-c3noc(C)n3)cc2)C(=NC(=O)O)SC)cc(O[Si](C(C)C)(C(C)C)C(C)C)c1OC. The first-order valence-corrected chi connectivity index (χ1v) is 17.2. The Morgan fingerprint density at radius 1 is 1.00 bits per heavy atom. The lowest BCUT2D eigenvalue weighted by molar-refractivity contribution is 0.205. The second-order valence-electron chi connectivity index (χ2n) is 10.9. The molecule has 3 aromatic rings. The van der Waals surface area contributed by atoms with Crippen LogP contribution in [0.25, 0.3) is 11.4 Å². The number of amides is 1. The average Bonchev–Trinajstić information content (AvgIpc) is 3.38. The number of anilines is 1. The number of hydrogen-bond donors (Lipinski definition) is 2. The van der Waals surface area contributed by atoms with Gasteiger partial charge < -0.3 is 28.8 Å². The Morgan fingerprint density at radius 3 is 2.05 bits per heavy atom. The van der Waals surface area contributed by atoms with Crippen LogP contribution in [0.1, 0.15) is 59.0 Å². The van der Waals surface area contributed by atoms with Crippen LogP contribution in [-0.4, -0.2) is 55.2 Å². The number of thioether (sulfide) groups is 1. The average molecular weight is 615 g/mol. The molecule has 2 N–H and O–H groups in total. The van der Waals surface area contributed by atoms with Gasteiger partial charge in [0, 0.05) is 18.2 Å². The van der Waals surface area contributed by atoms with E-state index in [-0.39, 0.29) is 0 Å². The summed E-state index contributed by atoms with van der Waals surface area (Å²) in [6.45, 7) is 15.0. The number of aromatic nitrogens is 2. The molecule has 0 saturated heterocycles. The third-order valence-electron chi connectivity index (χ3n) is 7.44. The predicted molar refractivity (Wildman–Crippen MR) is 171 cm³/mol. The Labute approximate surface area is 253 Å². The fourth-order valence-electron chi connectivity index (χ4n) is 5.64. The number of aryl methyl sites for hydroxylation is 1. The van der Waals surface area contributed by atoms with E-state index < -0.39 is 20.5 Å². The summed E-state index contributed by atoms with van der Waals surface area (Å²) < 4.78 is 23.8. The van der Waals surface area contributed by atoms with Crippen LogP contribution in [0.4, 0.5) is 10.5 Å². The van der Waals surface area contributed by atoms with Crippen LogP contribution in [0.5, 0.6) is 17.2 Å². The first-order valence-electron chi connectivity index (χ1n) is 13.9. The van der Waals surface area contributed by atoms with Crippen LogP contribution in [0, 0.1) is 6.92 Å². The van der Waals surface area contributed by atoms with Crippen LogP contribution in [0.2, 0.25) is 16.6 Å². The summed E-state index contributed by atoms with van der Waals surface area (Å²) in [5.41, 5.74) is 3.21. The molecule has 228 valence electrons. The zero-order chi connectivity index (χ0) is 31.2. The number of hydrogen-bond acceptors (Lipinski definition) is 9. The zero-order valence-electron chi connectivity index (χ0n) is 26.0. The monoisotopic (exact) mass is 614 g/mol. The quantitative estimate of drug-likeness (QED) is 0.117. The molecule has 42 heavy (non-hydrogen) atoms. The number of aliphatic imine (C=N–C) groups is 1. The van der Waals surface area contributed by atoms with Gasteiger partial charge in [0.1, 0.15) is 11.1 Å². The summed E-state index contributed by atoms with van der Waals surface area (Å²) in [5.74, 6) is 2.52. The third-order valence-corrected chi connectivity index (χ3v) is 14.2. The van der Waals surface area contributed by atoms with Gasteiger partial charge in [0.15, 0.2) is 11.5 Å². The first kappa shape index (κ1) is 33.0. The normalized spacial score (nSPS) is 13.0. The molecule has 0 aliphatic heterocycles. The molecule has 2 aromatic carbocycles. The number of nitrogens with one attached hydrogen (secondary N) is 1. The molecule has 10 nitrogen and oxygen atoms in total. The van der Waals surface area contributed by atoms with Gasteiger partial charge in [0.25, 0.3) is 8.32 Å². The summed E-state index contributed by atoms with van der Waals surface area (Å²) in [6, 6.07) is 10.6. The Morgan fingerprint density at radius 2 is 1.60 bits per heavy atom. The standard InChI is InChI=1S/C30H42N4O6SSi/c1-17(2)42(18(3)4,19(5)6)40-25-16-22(15-24(37-8)27(25)38-9)26(29(41-10)33-30(35)36)32-23-13-11-21(12-14-23)28-31-20(7)39-34-28/h11-19,26,32H,1-10H3,(H,35,36). The molecular weight excluding hydrogens is 573 g/mol. The largest absolute Gasteiger partial charge is 0.540 e. The maximum Gasteiger partial charge on any atom is 0.431 e. The van der Waals surface area contributed by atoms with E-state index in [2.05, 4.69) is 62.0 Å². The van der Waals surface area contributed by atoms with Crippen LogP contribution in [-0.2, 0) is 0 Å². The molecule has 1 heterocycles. The molecule has 0 radical (unpaired) electrons. The fourth-order valence-corrected chi connectivity index (χ4v) is 11.5. The lowest BCUT2D eigenvalue weighted by atomic mass is 10.0. The van der Waals surface area contributed by atoms with Gasteiger partial charge >= 0.3 is 6.09 Å². The molecule has 3 rings (SSSR count). The number of methoxy groups -OCH3 is 2. The minimum atomic E-state index is -2.39. The number of carboxylic acid groups (broad SMARTS) is 1. The smallest absolute Gasteiger partial charge is 0.431 e. The minimum absolute atomic E-state index is 0.322. The maximum absolute atomic E-state index is 11.7. The predicted octanol–water partition coefficient (Wildman–Crippen LogP) is 8.21. The molecule has 0 aliphatic carbocycles. The van der Waals surface area contributed by atoms with Crippen LogP contribution >= 0.6 is 11.8 Å². The summed E-state index contributed by atoms with van der Waals surface area (Å²) >= 11 is 1.25. The number of rotatable bonds is 12. The first-order chi connectivity index (χ1) is 19.9. The Hall–Kier alpha value is -3.51. The Kier molecular flexibility index (Phi) is 11.1. The van der Waals surface area contributed by atoms with Crippen molar-refractivity contribution < 1.29 is 28.3 Å².